The molecule has 0 aliphatic rings. The second-order valence-electron chi connectivity index (χ2n) is 5.98. The molecular weight excluding hydrogens is 362 g/mol. The predicted molar refractivity (Wildman–Crippen MR) is 91.1 cm³/mol. The highest BCUT2D eigenvalue weighted by atomic mass is 19.3. The lowest BCUT2D eigenvalue weighted by Crippen LogP contribution is -2.45. The number of aliphatic carboxylic acids is 1. The number of carbonyl (C=O) groups is 2. The van der Waals surface area contributed by atoms with Gasteiger partial charge in [-0.2, -0.15) is 8.78 Å². The summed E-state index contributed by atoms with van der Waals surface area (Å²) in [5.74, 6) is -2.05. The summed E-state index contributed by atoms with van der Waals surface area (Å²) < 4.78 is 30.0. The van der Waals surface area contributed by atoms with Crippen LogP contribution in [0.5, 0.6) is 5.75 Å². The standard InChI is InChI=1S/C17H20F2N4O4/c1-4-9(2)13(16(25)26)20-15(24)14-10(3)23(22-21-14)11-5-7-12(8-6-11)27-17(18)19/h5-9,13,17H,4H2,1-3H3,(H,20,24)(H,25,26). The minimum Gasteiger partial charge on any atom is -0.480 e. The van der Waals surface area contributed by atoms with Gasteiger partial charge in [0.25, 0.3) is 5.91 Å². The Kier molecular flexibility index (Phi) is 6.43. The lowest BCUT2D eigenvalue weighted by molar-refractivity contribution is -0.140. The summed E-state index contributed by atoms with van der Waals surface area (Å²) in [6.45, 7) is 2.23. The monoisotopic (exact) mass is 382 g/mol. The third kappa shape index (κ3) is 4.78. The van der Waals surface area contributed by atoms with Gasteiger partial charge in [-0.15, -0.1) is 5.10 Å². The van der Waals surface area contributed by atoms with Crippen LogP contribution >= 0.6 is 0 Å². The molecule has 2 atom stereocenters. The van der Waals surface area contributed by atoms with Crippen molar-refractivity contribution < 1.29 is 28.2 Å². The molecule has 8 nitrogen and oxygen atoms in total. The van der Waals surface area contributed by atoms with Crippen LogP contribution in [0, 0.1) is 12.8 Å². The maximum atomic E-state index is 12.4. The average molecular weight is 382 g/mol. The van der Waals surface area contributed by atoms with E-state index in [1.54, 1.807) is 13.8 Å². The lowest BCUT2D eigenvalue weighted by Gasteiger charge is -2.19. The maximum absolute atomic E-state index is 12.4. The molecule has 146 valence electrons. The van der Waals surface area contributed by atoms with E-state index in [1.165, 1.54) is 28.9 Å². The van der Waals surface area contributed by atoms with Gasteiger partial charge in [-0.1, -0.05) is 25.5 Å². The number of ether oxygens (including phenoxy) is 1. The van der Waals surface area contributed by atoms with Crippen molar-refractivity contribution in [1.82, 2.24) is 20.3 Å². The summed E-state index contributed by atoms with van der Waals surface area (Å²) >= 11 is 0. The molecule has 0 radical (unpaired) electrons. The van der Waals surface area contributed by atoms with Crippen LogP contribution in [0.25, 0.3) is 5.69 Å². The quantitative estimate of drug-likeness (QED) is 0.726. The normalized spacial score (nSPS) is 13.3. The molecule has 0 bridgehead atoms. The van der Waals surface area contributed by atoms with E-state index >= 15 is 0 Å². The number of hydrogen-bond acceptors (Lipinski definition) is 5. The van der Waals surface area contributed by atoms with Crippen LogP contribution in [0.1, 0.15) is 36.5 Å². The minimum atomic E-state index is -2.92. The second kappa shape index (κ2) is 8.56. The summed E-state index contributed by atoms with van der Waals surface area (Å²) in [5, 5.41) is 19.5. The number of benzene rings is 1. The first-order chi connectivity index (χ1) is 12.7. The number of carboxylic acids is 1. The zero-order valence-electron chi connectivity index (χ0n) is 15.0. The number of hydrogen-bond donors (Lipinski definition) is 2. The van der Waals surface area contributed by atoms with E-state index in [0.717, 1.165) is 0 Å². The highest BCUT2D eigenvalue weighted by molar-refractivity contribution is 5.95. The second-order valence-corrected chi connectivity index (χ2v) is 5.98. The summed E-state index contributed by atoms with van der Waals surface area (Å²) in [6.07, 6.45) is 0.579. The molecule has 1 heterocycles. The van der Waals surface area contributed by atoms with Gasteiger partial charge in [0.15, 0.2) is 5.69 Å². The molecular formula is C17H20F2N4O4. The number of carboxylic acid groups (broad SMARTS) is 1. The molecule has 0 spiro atoms. The largest absolute Gasteiger partial charge is 0.480 e. The van der Waals surface area contributed by atoms with Crippen molar-refractivity contribution in [3.63, 3.8) is 0 Å². The zero-order valence-corrected chi connectivity index (χ0v) is 15.0. The van der Waals surface area contributed by atoms with Crippen LogP contribution in [-0.2, 0) is 4.79 Å². The highest BCUT2D eigenvalue weighted by Gasteiger charge is 2.28. The van der Waals surface area contributed by atoms with Gasteiger partial charge in [0.05, 0.1) is 11.4 Å². The van der Waals surface area contributed by atoms with Crippen LogP contribution in [-0.4, -0.2) is 44.6 Å². The van der Waals surface area contributed by atoms with Crippen LogP contribution in [0.4, 0.5) is 8.78 Å². The first-order valence-corrected chi connectivity index (χ1v) is 8.25. The Hall–Kier alpha value is -3.04. The number of halogens is 2. The molecule has 1 amide bonds. The molecule has 0 aliphatic carbocycles. The first kappa shape index (κ1) is 20.3. The fraction of sp³-hybridized carbons (Fsp3) is 0.412. The number of nitrogens with zero attached hydrogens (tertiary/aromatic N) is 3. The third-order valence-corrected chi connectivity index (χ3v) is 4.18. The van der Waals surface area contributed by atoms with Crippen LogP contribution in [0.2, 0.25) is 0 Å². The number of amides is 1. The molecule has 0 fully saturated rings. The van der Waals surface area contributed by atoms with Gasteiger partial charge in [0.2, 0.25) is 0 Å². The van der Waals surface area contributed by atoms with Gasteiger partial charge in [0.1, 0.15) is 11.8 Å². The highest BCUT2D eigenvalue weighted by Crippen LogP contribution is 2.19. The molecule has 1 aromatic carbocycles. The molecule has 1 aromatic heterocycles. The molecule has 2 aromatic rings. The Morgan fingerprint density at radius 3 is 2.44 bits per heavy atom. The molecule has 0 saturated heterocycles. The first-order valence-electron chi connectivity index (χ1n) is 8.25. The van der Waals surface area contributed by atoms with Crippen molar-refractivity contribution in [2.45, 2.75) is 39.8 Å². The van der Waals surface area contributed by atoms with Crippen LogP contribution in [0.15, 0.2) is 24.3 Å². The van der Waals surface area contributed by atoms with Gasteiger partial charge in [-0.05, 0) is 37.1 Å². The van der Waals surface area contributed by atoms with Crippen molar-refractivity contribution in [2.24, 2.45) is 5.92 Å². The number of nitrogens with one attached hydrogen (secondary N) is 1. The zero-order chi connectivity index (χ0) is 20.1. The van der Waals surface area contributed by atoms with Gasteiger partial charge >= 0.3 is 12.6 Å². The van der Waals surface area contributed by atoms with Gasteiger partial charge in [-0.3, -0.25) is 4.79 Å². The van der Waals surface area contributed by atoms with Crippen molar-refractivity contribution in [3.05, 3.63) is 35.7 Å². The van der Waals surface area contributed by atoms with E-state index in [4.69, 9.17) is 0 Å². The van der Waals surface area contributed by atoms with Gasteiger partial charge in [-0.25, -0.2) is 9.48 Å². The van der Waals surface area contributed by atoms with Gasteiger partial charge < -0.3 is 15.2 Å². The average Bonchev–Trinajstić information content (AvgIpc) is 3.00. The van der Waals surface area contributed by atoms with E-state index in [1.807, 2.05) is 6.92 Å². The minimum absolute atomic E-state index is 0.0117. The molecule has 2 N–H and O–H groups in total. The van der Waals surface area contributed by atoms with Crippen molar-refractivity contribution >= 4 is 11.9 Å². The Balaban J connectivity index is 2.21. The van der Waals surface area contributed by atoms with Crippen molar-refractivity contribution in [2.75, 3.05) is 0 Å². The SMILES string of the molecule is CCC(C)C(NC(=O)c1nnn(-c2ccc(OC(F)F)cc2)c1C)C(=O)O. The molecule has 2 unspecified atom stereocenters. The maximum Gasteiger partial charge on any atom is 0.387 e. The molecule has 0 saturated carbocycles. The van der Waals surface area contributed by atoms with E-state index in [9.17, 15) is 23.5 Å². The van der Waals surface area contributed by atoms with Gasteiger partial charge in [0, 0.05) is 0 Å². The Morgan fingerprint density at radius 1 is 1.30 bits per heavy atom. The van der Waals surface area contributed by atoms with Crippen LogP contribution in [0.3, 0.4) is 0 Å². The summed E-state index contributed by atoms with van der Waals surface area (Å²) in [6, 6.07) is 4.61. The van der Waals surface area contributed by atoms with E-state index in [2.05, 4.69) is 20.4 Å². The molecule has 0 aliphatic heterocycles. The number of aromatic nitrogens is 3. The fourth-order valence-corrected chi connectivity index (χ4v) is 2.45. The smallest absolute Gasteiger partial charge is 0.387 e. The molecule has 27 heavy (non-hydrogen) atoms. The van der Waals surface area contributed by atoms with Crippen LogP contribution < -0.4 is 10.1 Å². The Bertz CT molecular complexity index is 808. The number of rotatable bonds is 8. The van der Waals surface area contributed by atoms with E-state index in [-0.39, 0.29) is 17.4 Å². The van der Waals surface area contributed by atoms with E-state index in [0.29, 0.717) is 17.8 Å². The summed E-state index contributed by atoms with van der Waals surface area (Å²) in [4.78, 5) is 23.8. The molecule has 10 heteroatoms. The predicted octanol–water partition coefficient (Wildman–Crippen LogP) is 2.41. The summed E-state index contributed by atoms with van der Waals surface area (Å²) in [7, 11) is 0. The number of alkyl halides is 2. The lowest BCUT2D eigenvalue weighted by atomic mass is 9.99. The van der Waals surface area contributed by atoms with E-state index < -0.39 is 24.5 Å². The molecule has 2 rings (SSSR count). The third-order valence-electron chi connectivity index (χ3n) is 4.18. The van der Waals surface area contributed by atoms with Crippen molar-refractivity contribution in [3.8, 4) is 11.4 Å². The topological polar surface area (TPSA) is 106 Å². The Morgan fingerprint density at radius 2 is 1.93 bits per heavy atom. The number of carbonyl (C=O) groups excluding carboxylic acids is 1. The Labute approximate surface area is 154 Å². The summed E-state index contributed by atoms with van der Waals surface area (Å²) in [5.41, 5.74) is 0.846. The fourth-order valence-electron chi connectivity index (χ4n) is 2.45. The van der Waals surface area contributed by atoms with Crippen molar-refractivity contribution in [1.29, 1.82) is 0 Å².